The number of ether oxygens (including phenoxy) is 1. The van der Waals surface area contributed by atoms with Gasteiger partial charge in [0, 0.05) is 31.3 Å². The molecule has 2 aliphatic rings. The number of hydrogen-bond acceptors (Lipinski definition) is 4. The Bertz CT molecular complexity index is 743. The van der Waals surface area contributed by atoms with Crippen molar-refractivity contribution in [1.29, 1.82) is 0 Å². The Morgan fingerprint density at radius 2 is 2.13 bits per heavy atom. The maximum absolute atomic E-state index is 13.2. The molecule has 2 aromatic rings. The fourth-order valence-corrected chi connectivity index (χ4v) is 3.24. The Hall–Kier alpha value is -2.27. The lowest BCUT2D eigenvalue weighted by Gasteiger charge is -2.34. The van der Waals surface area contributed by atoms with Gasteiger partial charge in [0.15, 0.2) is 0 Å². The quantitative estimate of drug-likeness (QED) is 0.874. The third kappa shape index (κ3) is 2.61. The Labute approximate surface area is 135 Å². The van der Waals surface area contributed by atoms with E-state index in [1.807, 2.05) is 23.1 Å². The highest BCUT2D eigenvalue weighted by Gasteiger charge is 2.34. The van der Waals surface area contributed by atoms with Crippen molar-refractivity contribution >= 4 is 11.6 Å². The summed E-state index contributed by atoms with van der Waals surface area (Å²) in [6.07, 6.45) is 6.25. The van der Waals surface area contributed by atoms with Gasteiger partial charge >= 0.3 is 0 Å². The Morgan fingerprint density at radius 1 is 1.30 bits per heavy atom. The van der Waals surface area contributed by atoms with Crippen LogP contribution in [-0.2, 0) is 11.2 Å². The summed E-state index contributed by atoms with van der Waals surface area (Å²) in [6.45, 7) is 0.561. The number of methoxy groups -OCH3 is 1. The fraction of sp³-hybridized carbons (Fsp3) is 0.389. The maximum Gasteiger partial charge on any atom is 0.261 e. The number of aromatic nitrogens is 2. The van der Waals surface area contributed by atoms with Crippen molar-refractivity contribution in [3.63, 3.8) is 0 Å². The SMILES string of the molecule is COC1Cc2ccccc2N(C(=O)c2cncnc2C2CC2)C1. The van der Waals surface area contributed by atoms with Crippen LogP contribution in [0.4, 0.5) is 5.69 Å². The highest BCUT2D eigenvalue weighted by Crippen LogP contribution is 2.41. The zero-order valence-electron chi connectivity index (χ0n) is 13.1. The lowest BCUT2D eigenvalue weighted by molar-refractivity contribution is 0.0869. The van der Waals surface area contributed by atoms with Crippen molar-refractivity contribution in [3.8, 4) is 0 Å². The molecule has 1 aliphatic carbocycles. The van der Waals surface area contributed by atoms with Crippen LogP contribution >= 0.6 is 0 Å². The second kappa shape index (κ2) is 5.74. The third-order valence-electron chi connectivity index (χ3n) is 4.63. The second-order valence-electron chi connectivity index (χ2n) is 6.20. The van der Waals surface area contributed by atoms with Gasteiger partial charge in [-0.2, -0.15) is 0 Å². The molecule has 0 radical (unpaired) electrons. The van der Waals surface area contributed by atoms with Gasteiger partial charge in [-0.1, -0.05) is 18.2 Å². The van der Waals surface area contributed by atoms with Gasteiger partial charge < -0.3 is 9.64 Å². The van der Waals surface area contributed by atoms with Gasteiger partial charge in [0.1, 0.15) is 6.33 Å². The average molecular weight is 309 g/mol. The average Bonchev–Trinajstić information content (AvgIpc) is 3.45. The predicted molar refractivity (Wildman–Crippen MR) is 86.6 cm³/mol. The van der Waals surface area contributed by atoms with Gasteiger partial charge in [0.25, 0.3) is 5.91 Å². The summed E-state index contributed by atoms with van der Waals surface area (Å²) < 4.78 is 5.53. The summed E-state index contributed by atoms with van der Waals surface area (Å²) in [5.74, 6) is 0.386. The van der Waals surface area contributed by atoms with Gasteiger partial charge in [0.2, 0.25) is 0 Å². The minimum atomic E-state index is -0.0262. The molecule has 0 bridgehead atoms. The minimum Gasteiger partial charge on any atom is -0.379 e. The van der Waals surface area contributed by atoms with Crippen LogP contribution in [0.2, 0.25) is 0 Å². The summed E-state index contributed by atoms with van der Waals surface area (Å²) in [4.78, 5) is 23.4. The van der Waals surface area contributed by atoms with E-state index in [2.05, 4.69) is 16.0 Å². The van der Waals surface area contributed by atoms with Crippen LogP contribution < -0.4 is 4.90 Å². The van der Waals surface area contributed by atoms with Crippen LogP contribution in [0.1, 0.15) is 40.4 Å². The Morgan fingerprint density at radius 3 is 2.91 bits per heavy atom. The zero-order chi connectivity index (χ0) is 15.8. The topological polar surface area (TPSA) is 55.3 Å². The summed E-state index contributed by atoms with van der Waals surface area (Å²) in [6, 6.07) is 8.03. The van der Waals surface area contributed by atoms with Crippen LogP contribution in [0.15, 0.2) is 36.8 Å². The number of amides is 1. The molecule has 5 heteroatoms. The smallest absolute Gasteiger partial charge is 0.261 e. The predicted octanol–water partition coefficient (Wildman–Crippen LogP) is 2.57. The maximum atomic E-state index is 13.2. The van der Waals surface area contributed by atoms with Crippen molar-refractivity contribution < 1.29 is 9.53 Å². The van der Waals surface area contributed by atoms with Gasteiger partial charge in [0.05, 0.1) is 23.9 Å². The highest BCUT2D eigenvalue weighted by atomic mass is 16.5. The van der Waals surface area contributed by atoms with Crippen LogP contribution in [0.3, 0.4) is 0 Å². The van der Waals surface area contributed by atoms with Gasteiger partial charge in [-0.15, -0.1) is 0 Å². The molecule has 118 valence electrons. The van der Waals surface area contributed by atoms with Crippen LogP contribution in [0.25, 0.3) is 0 Å². The largest absolute Gasteiger partial charge is 0.379 e. The molecule has 5 nitrogen and oxygen atoms in total. The van der Waals surface area contributed by atoms with Gasteiger partial charge in [-0.05, 0) is 24.5 Å². The first-order chi connectivity index (χ1) is 11.3. The van der Waals surface area contributed by atoms with Crippen molar-refractivity contribution in [2.45, 2.75) is 31.3 Å². The molecular formula is C18H19N3O2. The molecule has 0 N–H and O–H groups in total. The first-order valence-corrected chi connectivity index (χ1v) is 8.00. The number of benzene rings is 1. The minimum absolute atomic E-state index is 0.0165. The van der Waals surface area contributed by atoms with Crippen molar-refractivity contribution in [1.82, 2.24) is 9.97 Å². The standard InChI is InChI=1S/C18H19N3O2/c1-23-14-8-13-4-2-3-5-16(13)21(10-14)18(22)15-9-19-11-20-17(15)12-6-7-12/h2-5,9,11-12,14H,6-8,10H2,1H3. The molecule has 1 fully saturated rings. The first kappa shape index (κ1) is 14.3. The molecule has 2 heterocycles. The van der Waals surface area contributed by atoms with Crippen LogP contribution in [0.5, 0.6) is 0 Å². The molecule has 4 rings (SSSR count). The monoisotopic (exact) mass is 309 g/mol. The number of carbonyl (C=O) groups is 1. The second-order valence-corrected chi connectivity index (χ2v) is 6.20. The Balaban J connectivity index is 1.73. The number of para-hydroxylation sites is 1. The van der Waals surface area contributed by atoms with E-state index in [-0.39, 0.29) is 12.0 Å². The van der Waals surface area contributed by atoms with E-state index < -0.39 is 0 Å². The highest BCUT2D eigenvalue weighted by molar-refractivity contribution is 6.07. The van der Waals surface area contributed by atoms with E-state index in [1.165, 1.54) is 6.33 Å². The van der Waals surface area contributed by atoms with Crippen molar-refractivity contribution in [2.75, 3.05) is 18.6 Å². The molecule has 23 heavy (non-hydrogen) atoms. The number of carbonyl (C=O) groups excluding carboxylic acids is 1. The molecule has 0 saturated heterocycles. The van der Waals surface area contributed by atoms with Gasteiger partial charge in [-0.3, -0.25) is 4.79 Å². The molecule has 1 aromatic carbocycles. The number of fused-ring (bicyclic) bond motifs is 1. The van der Waals surface area contributed by atoms with Crippen LogP contribution in [-0.4, -0.2) is 35.6 Å². The number of nitrogens with zero attached hydrogens (tertiary/aromatic N) is 3. The fourth-order valence-electron chi connectivity index (χ4n) is 3.24. The molecule has 1 amide bonds. The van der Waals surface area contributed by atoms with Crippen LogP contribution in [0, 0.1) is 0 Å². The number of hydrogen-bond donors (Lipinski definition) is 0. The first-order valence-electron chi connectivity index (χ1n) is 8.00. The molecule has 1 aliphatic heterocycles. The van der Waals surface area contributed by atoms with E-state index >= 15 is 0 Å². The molecular weight excluding hydrogens is 290 g/mol. The zero-order valence-corrected chi connectivity index (χ0v) is 13.1. The van der Waals surface area contributed by atoms with E-state index in [0.717, 1.165) is 36.2 Å². The third-order valence-corrected chi connectivity index (χ3v) is 4.63. The van der Waals surface area contributed by atoms with Crippen molar-refractivity contribution in [3.05, 3.63) is 53.6 Å². The van der Waals surface area contributed by atoms with Crippen molar-refractivity contribution in [2.24, 2.45) is 0 Å². The number of rotatable bonds is 3. The summed E-state index contributed by atoms with van der Waals surface area (Å²) >= 11 is 0. The Kier molecular flexibility index (Phi) is 3.58. The summed E-state index contributed by atoms with van der Waals surface area (Å²) in [7, 11) is 1.70. The van der Waals surface area contributed by atoms with E-state index in [0.29, 0.717) is 18.0 Å². The summed E-state index contributed by atoms with van der Waals surface area (Å²) in [5, 5.41) is 0. The van der Waals surface area contributed by atoms with E-state index in [1.54, 1.807) is 13.3 Å². The molecule has 1 atom stereocenters. The summed E-state index contributed by atoms with van der Waals surface area (Å²) in [5.41, 5.74) is 3.63. The normalized spacial score (nSPS) is 20.2. The molecule has 1 aromatic heterocycles. The number of anilines is 1. The lowest BCUT2D eigenvalue weighted by Crippen LogP contribution is -2.43. The lowest BCUT2D eigenvalue weighted by atomic mass is 9.98. The van der Waals surface area contributed by atoms with Gasteiger partial charge in [-0.25, -0.2) is 9.97 Å². The molecule has 1 unspecified atom stereocenters. The molecule has 0 spiro atoms. The molecule has 1 saturated carbocycles. The van der Waals surface area contributed by atoms with E-state index in [9.17, 15) is 4.79 Å². The van der Waals surface area contributed by atoms with E-state index in [4.69, 9.17) is 4.74 Å².